The molecule has 0 heterocycles. The van der Waals surface area contributed by atoms with Crippen molar-refractivity contribution >= 4 is 15.9 Å². The highest BCUT2D eigenvalue weighted by Gasteiger charge is 2.22. The molecule has 2 rings (SSSR count). The highest BCUT2D eigenvalue weighted by molar-refractivity contribution is 9.10. The number of nitrogens with two attached hydrogens (primary N) is 1. The molecule has 3 N–H and O–H groups in total. The van der Waals surface area contributed by atoms with Crippen LogP contribution in [0.5, 0.6) is 0 Å². The molecule has 3 heteroatoms. The monoisotopic (exact) mass is 333 g/mol. The zero-order valence-electron chi connectivity index (χ0n) is 11.8. The zero-order valence-corrected chi connectivity index (χ0v) is 13.4. The number of aliphatic hydroxyl groups excluding tert-OH is 1. The van der Waals surface area contributed by atoms with E-state index in [9.17, 15) is 5.11 Å². The molecule has 106 valence electrons. The summed E-state index contributed by atoms with van der Waals surface area (Å²) >= 11 is 3.47. The Morgan fingerprint density at radius 1 is 1.15 bits per heavy atom. The van der Waals surface area contributed by atoms with Gasteiger partial charge in [0.25, 0.3) is 0 Å². The predicted octanol–water partition coefficient (Wildman–Crippen LogP) is 3.84. The normalized spacial score (nSPS) is 14.1. The molecular weight excluding hydrogens is 314 g/mol. The van der Waals surface area contributed by atoms with Crippen molar-refractivity contribution in [2.24, 2.45) is 5.73 Å². The van der Waals surface area contributed by atoms with Crippen LogP contribution in [0.2, 0.25) is 0 Å². The minimum Gasteiger partial charge on any atom is -0.388 e. The van der Waals surface area contributed by atoms with Crippen molar-refractivity contribution in [2.75, 3.05) is 6.54 Å². The van der Waals surface area contributed by atoms with E-state index in [4.69, 9.17) is 5.73 Å². The average molecular weight is 334 g/mol. The summed E-state index contributed by atoms with van der Waals surface area (Å²) in [6.07, 6.45) is -0.588. The van der Waals surface area contributed by atoms with Crippen LogP contribution in [0.4, 0.5) is 0 Å². The number of rotatable bonds is 4. The minimum absolute atomic E-state index is 0.103. The second-order valence-corrected chi connectivity index (χ2v) is 6.12. The molecule has 20 heavy (non-hydrogen) atoms. The second kappa shape index (κ2) is 6.53. The number of hydrogen-bond acceptors (Lipinski definition) is 2. The third-order valence-electron chi connectivity index (χ3n) is 3.66. The maximum absolute atomic E-state index is 10.7. The van der Waals surface area contributed by atoms with Crippen molar-refractivity contribution in [3.05, 3.63) is 69.2 Å². The van der Waals surface area contributed by atoms with Crippen LogP contribution in [0.15, 0.2) is 46.9 Å². The molecule has 0 amide bonds. The highest BCUT2D eigenvalue weighted by Crippen LogP contribution is 2.33. The van der Waals surface area contributed by atoms with E-state index in [1.165, 1.54) is 5.56 Å². The van der Waals surface area contributed by atoms with E-state index in [1.807, 2.05) is 43.3 Å². The van der Waals surface area contributed by atoms with E-state index in [1.54, 1.807) is 0 Å². The molecule has 0 aromatic heterocycles. The van der Waals surface area contributed by atoms with Crippen LogP contribution >= 0.6 is 15.9 Å². The third-order valence-corrected chi connectivity index (χ3v) is 4.15. The fourth-order valence-corrected chi connectivity index (χ4v) is 2.98. The predicted molar refractivity (Wildman–Crippen MR) is 86.8 cm³/mol. The lowest BCUT2D eigenvalue weighted by Crippen LogP contribution is -2.20. The Kier molecular flexibility index (Phi) is 4.97. The summed E-state index contributed by atoms with van der Waals surface area (Å²) in [5, 5.41) is 10.7. The van der Waals surface area contributed by atoms with E-state index in [2.05, 4.69) is 28.9 Å². The quantitative estimate of drug-likeness (QED) is 0.892. The van der Waals surface area contributed by atoms with Gasteiger partial charge in [-0.05, 0) is 42.7 Å². The molecule has 2 atom stereocenters. The third kappa shape index (κ3) is 3.29. The van der Waals surface area contributed by atoms with Gasteiger partial charge >= 0.3 is 0 Å². The molecule has 0 saturated heterocycles. The molecule has 2 aromatic carbocycles. The molecule has 0 radical (unpaired) electrons. The molecule has 0 aliphatic carbocycles. The lowest BCUT2D eigenvalue weighted by atomic mass is 9.87. The van der Waals surface area contributed by atoms with Crippen LogP contribution in [-0.2, 0) is 0 Å². The van der Waals surface area contributed by atoms with Gasteiger partial charge in [-0.25, -0.2) is 0 Å². The smallest absolute Gasteiger partial charge is 0.0873 e. The number of aliphatic hydroxyl groups is 1. The van der Waals surface area contributed by atoms with Crippen molar-refractivity contribution in [2.45, 2.75) is 25.9 Å². The molecule has 0 aliphatic rings. The van der Waals surface area contributed by atoms with Gasteiger partial charge in [-0.3, -0.25) is 0 Å². The first kappa shape index (κ1) is 15.2. The maximum Gasteiger partial charge on any atom is 0.0873 e. The van der Waals surface area contributed by atoms with Crippen molar-refractivity contribution in [1.29, 1.82) is 0 Å². The fraction of sp³-hybridized carbons (Fsp3) is 0.294. The van der Waals surface area contributed by atoms with Gasteiger partial charge in [-0.1, -0.05) is 51.8 Å². The molecular formula is C17H20BrNO. The van der Waals surface area contributed by atoms with E-state index in [0.717, 1.165) is 21.2 Å². The average Bonchev–Trinajstić information content (AvgIpc) is 2.39. The Bertz CT molecular complexity index is 597. The zero-order chi connectivity index (χ0) is 14.7. The van der Waals surface area contributed by atoms with Gasteiger partial charge in [-0.15, -0.1) is 0 Å². The van der Waals surface area contributed by atoms with Crippen molar-refractivity contribution in [1.82, 2.24) is 0 Å². The first-order valence-electron chi connectivity index (χ1n) is 6.73. The molecule has 0 bridgehead atoms. The van der Waals surface area contributed by atoms with Crippen LogP contribution in [0, 0.1) is 13.8 Å². The molecule has 0 aliphatic heterocycles. The summed E-state index contributed by atoms with van der Waals surface area (Å²) < 4.78 is 1.00. The Morgan fingerprint density at radius 3 is 2.50 bits per heavy atom. The standard InChI is InChI=1S/C17H20BrNO/c1-11-6-7-15(12(2)8-11)17(20)16(10-19)13-4-3-5-14(18)9-13/h3-9,16-17,20H,10,19H2,1-2H3. The van der Waals surface area contributed by atoms with Gasteiger partial charge in [0.05, 0.1) is 6.10 Å². The largest absolute Gasteiger partial charge is 0.388 e. The van der Waals surface area contributed by atoms with Gasteiger partial charge in [0.15, 0.2) is 0 Å². The van der Waals surface area contributed by atoms with Crippen molar-refractivity contribution in [3.8, 4) is 0 Å². The topological polar surface area (TPSA) is 46.2 Å². The van der Waals surface area contributed by atoms with Gasteiger partial charge in [-0.2, -0.15) is 0 Å². The van der Waals surface area contributed by atoms with Crippen molar-refractivity contribution in [3.63, 3.8) is 0 Å². The number of hydrogen-bond donors (Lipinski definition) is 2. The molecule has 0 saturated carbocycles. The highest BCUT2D eigenvalue weighted by atomic mass is 79.9. The summed E-state index contributed by atoms with van der Waals surface area (Å²) in [7, 11) is 0. The molecule has 2 unspecified atom stereocenters. The van der Waals surface area contributed by atoms with Crippen LogP contribution < -0.4 is 5.73 Å². The Balaban J connectivity index is 2.36. The molecule has 2 aromatic rings. The van der Waals surface area contributed by atoms with Crippen LogP contribution in [0.25, 0.3) is 0 Å². The Morgan fingerprint density at radius 2 is 1.90 bits per heavy atom. The fourth-order valence-electron chi connectivity index (χ4n) is 2.56. The SMILES string of the molecule is Cc1ccc(C(O)C(CN)c2cccc(Br)c2)c(C)c1. The Labute approximate surface area is 128 Å². The number of aryl methyl sites for hydroxylation is 2. The van der Waals surface area contributed by atoms with E-state index in [-0.39, 0.29) is 5.92 Å². The number of benzene rings is 2. The van der Waals surface area contributed by atoms with E-state index < -0.39 is 6.10 Å². The summed E-state index contributed by atoms with van der Waals surface area (Å²) in [4.78, 5) is 0. The van der Waals surface area contributed by atoms with E-state index in [0.29, 0.717) is 6.54 Å². The lowest BCUT2D eigenvalue weighted by molar-refractivity contribution is 0.146. The number of halogens is 1. The van der Waals surface area contributed by atoms with Gasteiger partial charge < -0.3 is 10.8 Å². The molecule has 0 spiro atoms. The summed E-state index contributed by atoms with van der Waals surface area (Å²) in [6, 6.07) is 14.1. The van der Waals surface area contributed by atoms with Gasteiger partial charge in [0, 0.05) is 16.9 Å². The minimum atomic E-state index is -0.588. The van der Waals surface area contributed by atoms with Crippen LogP contribution in [-0.4, -0.2) is 11.7 Å². The van der Waals surface area contributed by atoms with E-state index >= 15 is 0 Å². The summed E-state index contributed by atoms with van der Waals surface area (Å²) in [5.41, 5.74) is 10.2. The van der Waals surface area contributed by atoms with Crippen LogP contribution in [0.1, 0.15) is 34.3 Å². The van der Waals surface area contributed by atoms with Gasteiger partial charge in [0.2, 0.25) is 0 Å². The second-order valence-electron chi connectivity index (χ2n) is 5.20. The lowest BCUT2D eigenvalue weighted by Gasteiger charge is -2.24. The van der Waals surface area contributed by atoms with Crippen molar-refractivity contribution < 1.29 is 5.11 Å². The van der Waals surface area contributed by atoms with Gasteiger partial charge in [0.1, 0.15) is 0 Å². The first-order chi connectivity index (χ1) is 9.52. The molecule has 2 nitrogen and oxygen atoms in total. The summed E-state index contributed by atoms with van der Waals surface area (Å²) in [6.45, 7) is 4.49. The maximum atomic E-state index is 10.7. The summed E-state index contributed by atoms with van der Waals surface area (Å²) in [5.74, 6) is -0.103. The Hall–Kier alpha value is -1.16. The molecule has 0 fully saturated rings. The first-order valence-corrected chi connectivity index (χ1v) is 7.53. The van der Waals surface area contributed by atoms with Crippen LogP contribution in [0.3, 0.4) is 0 Å².